The molecule has 2 heterocycles. The van der Waals surface area contributed by atoms with Crippen molar-refractivity contribution in [2.75, 3.05) is 0 Å². The minimum atomic E-state index is 0.262. The zero-order chi connectivity index (χ0) is 11.1. The van der Waals surface area contributed by atoms with Crippen LogP contribution in [0.4, 0.5) is 0 Å². The van der Waals surface area contributed by atoms with Gasteiger partial charge in [0.1, 0.15) is 0 Å². The molecule has 0 radical (unpaired) electrons. The highest BCUT2D eigenvalue weighted by atomic mass is 127. The number of ether oxygens (including phenoxy) is 1. The molecule has 2 fully saturated rings. The first kappa shape index (κ1) is 11.0. The molecule has 0 bridgehead atoms. The van der Waals surface area contributed by atoms with E-state index < -0.39 is 0 Å². The maximum Gasteiger partial charge on any atom is 0.0869 e. The van der Waals surface area contributed by atoms with Gasteiger partial charge in [-0.05, 0) is 32.6 Å². The zero-order valence-corrected chi connectivity index (χ0v) is 11.6. The summed E-state index contributed by atoms with van der Waals surface area (Å²) in [4.78, 5) is 0. The highest BCUT2D eigenvalue weighted by Gasteiger charge is 2.29. The Morgan fingerprint density at radius 1 is 1.44 bits per heavy atom. The number of nitrogens with zero attached hydrogens (tertiary/aromatic N) is 2. The van der Waals surface area contributed by atoms with E-state index in [4.69, 9.17) is 4.74 Å². The molecule has 88 valence electrons. The van der Waals surface area contributed by atoms with Crippen LogP contribution in [0.5, 0.6) is 0 Å². The van der Waals surface area contributed by atoms with Crippen LogP contribution in [0.25, 0.3) is 0 Å². The summed E-state index contributed by atoms with van der Waals surface area (Å²) in [6.07, 6.45) is 9.70. The van der Waals surface area contributed by atoms with Gasteiger partial charge in [0.2, 0.25) is 0 Å². The minimum Gasteiger partial charge on any atom is -0.370 e. The summed E-state index contributed by atoms with van der Waals surface area (Å²) in [6.45, 7) is 2.17. The largest absolute Gasteiger partial charge is 0.370 e. The SMILES string of the molecule is C[C@@H]1C[C@H](I)C[C@H](c2cnn(C3CC3)c2)O1. The Labute approximate surface area is 110 Å². The average molecular weight is 332 g/mol. The van der Waals surface area contributed by atoms with Gasteiger partial charge in [-0.3, -0.25) is 4.68 Å². The lowest BCUT2D eigenvalue weighted by molar-refractivity contribution is -0.0368. The predicted octanol–water partition coefficient (Wildman–Crippen LogP) is 3.26. The number of alkyl halides is 1. The van der Waals surface area contributed by atoms with E-state index in [2.05, 4.69) is 45.5 Å². The molecule has 2 aliphatic rings. The Bertz CT molecular complexity index is 365. The van der Waals surface area contributed by atoms with Gasteiger partial charge < -0.3 is 4.74 Å². The van der Waals surface area contributed by atoms with Gasteiger partial charge in [0.05, 0.1) is 24.4 Å². The monoisotopic (exact) mass is 332 g/mol. The second kappa shape index (κ2) is 4.29. The topological polar surface area (TPSA) is 27.1 Å². The quantitative estimate of drug-likeness (QED) is 0.614. The van der Waals surface area contributed by atoms with Crippen LogP contribution in [0, 0.1) is 0 Å². The summed E-state index contributed by atoms with van der Waals surface area (Å²) in [5.74, 6) is 0. The number of halogens is 1. The summed E-state index contributed by atoms with van der Waals surface area (Å²) in [6, 6.07) is 0.671. The minimum absolute atomic E-state index is 0.262. The van der Waals surface area contributed by atoms with Crippen LogP contribution in [-0.4, -0.2) is 19.8 Å². The van der Waals surface area contributed by atoms with E-state index in [1.54, 1.807) is 0 Å². The Morgan fingerprint density at radius 2 is 2.25 bits per heavy atom. The van der Waals surface area contributed by atoms with Gasteiger partial charge in [-0.2, -0.15) is 5.10 Å². The zero-order valence-electron chi connectivity index (χ0n) is 9.47. The third kappa shape index (κ3) is 2.27. The first-order chi connectivity index (χ1) is 7.72. The molecule has 0 spiro atoms. The van der Waals surface area contributed by atoms with Gasteiger partial charge in [0, 0.05) is 15.7 Å². The molecule has 3 atom stereocenters. The fraction of sp³-hybridized carbons (Fsp3) is 0.750. The van der Waals surface area contributed by atoms with Crippen LogP contribution in [0.15, 0.2) is 12.4 Å². The normalized spacial score (nSPS) is 35.2. The first-order valence-electron chi connectivity index (χ1n) is 6.06. The number of hydrogen-bond acceptors (Lipinski definition) is 2. The third-order valence-electron chi connectivity index (χ3n) is 3.37. The van der Waals surface area contributed by atoms with E-state index in [-0.39, 0.29) is 6.10 Å². The standard InChI is InChI=1S/C12H17IN2O/c1-8-4-10(13)5-12(16-8)9-6-14-15(7-9)11-2-3-11/h6-8,10-12H,2-5H2,1H3/t8-,10+,12-/m1/s1. The molecule has 1 aliphatic carbocycles. The van der Waals surface area contributed by atoms with E-state index >= 15 is 0 Å². The molecule has 3 rings (SSSR count). The molecule has 0 unspecified atom stereocenters. The molecule has 1 saturated carbocycles. The maximum atomic E-state index is 6.00. The third-order valence-corrected chi connectivity index (χ3v) is 4.39. The highest BCUT2D eigenvalue weighted by Crippen LogP contribution is 2.37. The van der Waals surface area contributed by atoms with E-state index in [0.29, 0.717) is 12.1 Å². The van der Waals surface area contributed by atoms with Gasteiger partial charge in [0.25, 0.3) is 0 Å². The molecule has 1 aliphatic heterocycles. The fourth-order valence-electron chi connectivity index (χ4n) is 2.35. The van der Waals surface area contributed by atoms with E-state index in [9.17, 15) is 0 Å². The van der Waals surface area contributed by atoms with E-state index in [1.807, 2.05) is 6.20 Å². The summed E-state index contributed by atoms with van der Waals surface area (Å²) in [5.41, 5.74) is 1.26. The molecule has 16 heavy (non-hydrogen) atoms. The lowest BCUT2D eigenvalue weighted by Crippen LogP contribution is -2.26. The molecular weight excluding hydrogens is 315 g/mol. The summed E-state index contributed by atoms with van der Waals surface area (Å²) >= 11 is 2.54. The molecule has 1 aromatic heterocycles. The summed E-state index contributed by atoms with van der Waals surface area (Å²) in [5, 5.41) is 4.44. The van der Waals surface area contributed by atoms with Crippen molar-refractivity contribution in [2.24, 2.45) is 0 Å². The van der Waals surface area contributed by atoms with Crippen LogP contribution < -0.4 is 0 Å². The van der Waals surface area contributed by atoms with Gasteiger partial charge in [-0.15, -0.1) is 0 Å². The lowest BCUT2D eigenvalue weighted by atomic mass is 10.0. The molecule has 1 aromatic rings. The Balaban J connectivity index is 1.74. The second-order valence-electron chi connectivity index (χ2n) is 4.99. The Morgan fingerprint density at radius 3 is 2.94 bits per heavy atom. The maximum absolute atomic E-state index is 6.00. The first-order valence-corrected chi connectivity index (χ1v) is 7.30. The van der Waals surface area contributed by atoms with Crippen molar-refractivity contribution in [3.63, 3.8) is 0 Å². The van der Waals surface area contributed by atoms with Crippen molar-refractivity contribution in [1.29, 1.82) is 0 Å². The van der Waals surface area contributed by atoms with E-state index in [1.165, 1.54) is 24.8 Å². The fourth-order valence-corrected chi connectivity index (χ4v) is 3.53. The van der Waals surface area contributed by atoms with Gasteiger partial charge in [0.15, 0.2) is 0 Å². The van der Waals surface area contributed by atoms with Crippen molar-refractivity contribution in [1.82, 2.24) is 9.78 Å². The van der Waals surface area contributed by atoms with Gasteiger partial charge in [-0.25, -0.2) is 0 Å². The predicted molar refractivity (Wildman–Crippen MR) is 70.8 cm³/mol. The lowest BCUT2D eigenvalue weighted by Gasteiger charge is -2.30. The Hall–Kier alpha value is -0.100. The van der Waals surface area contributed by atoms with Crippen molar-refractivity contribution in [2.45, 2.75) is 54.8 Å². The van der Waals surface area contributed by atoms with Crippen molar-refractivity contribution in [3.05, 3.63) is 18.0 Å². The smallest absolute Gasteiger partial charge is 0.0869 e. The molecule has 0 amide bonds. The highest BCUT2D eigenvalue weighted by molar-refractivity contribution is 14.1. The van der Waals surface area contributed by atoms with Gasteiger partial charge in [-0.1, -0.05) is 22.6 Å². The number of rotatable bonds is 2. The number of aromatic nitrogens is 2. The van der Waals surface area contributed by atoms with Crippen molar-refractivity contribution < 1.29 is 4.74 Å². The van der Waals surface area contributed by atoms with Gasteiger partial charge >= 0.3 is 0 Å². The van der Waals surface area contributed by atoms with Crippen LogP contribution >= 0.6 is 22.6 Å². The molecule has 0 N–H and O–H groups in total. The van der Waals surface area contributed by atoms with Crippen LogP contribution in [0.3, 0.4) is 0 Å². The van der Waals surface area contributed by atoms with Crippen LogP contribution in [-0.2, 0) is 4.74 Å². The summed E-state index contributed by atoms with van der Waals surface area (Å²) in [7, 11) is 0. The molecule has 4 heteroatoms. The van der Waals surface area contributed by atoms with Crippen LogP contribution in [0.1, 0.15) is 50.3 Å². The molecule has 3 nitrogen and oxygen atoms in total. The van der Waals surface area contributed by atoms with Crippen LogP contribution in [0.2, 0.25) is 0 Å². The number of hydrogen-bond donors (Lipinski definition) is 0. The van der Waals surface area contributed by atoms with Crippen molar-refractivity contribution in [3.8, 4) is 0 Å². The Kier molecular flexibility index (Phi) is 2.96. The molecule has 1 saturated heterocycles. The van der Waals surface area contributed by atoms with E-state index in [0.717, 1.165) is 10.3 Å². The molecule has 0 aromatic carbocycles. The second-order valence-corrected chi connectivity index (χ2v) is 6.75. The van der Waals surface area contributed by atoms with Crippen molar-refractivity contribution >= 4 is 22.6 Å². The average Bonchev–Trinajstić information content (AvgIpc) is 2.95. The summed E-state index contributed by atoms with van der Waals surface area (Å²) < 4.78 is 8.84. The molecular formula is C12H17IN2O.